The van der Waals surface area contributed by atoms with Gasteiger partial charge in [0.2, 0.25) is 5.82 Å². The predicted octanol–water partition coefficient (Wildman–Crippen LogP) is 2.41. The van der Waals surface area contributed by atoms with E-state index in [1.807, 2.05) is 6.92 Å². The fourth-order valence-electron chi connectivity index (χ4n) is 1.55. The molecule has 1 rings (SSSR count). The molecule has 0 saturated heterocycles. The number of rotatable bonds is 7. The molecule has 0 bridgehead atoms. The van der Waals surface area contributed by atoms with Crippen LogP contribution < -0.4 is 10.1 Å². The molecule has 1 aromatic heterocycles. The molecule has 1 heterocycles. The van der Waals surface area contributed by atoms with Gasteiger partial charge in [-0.05, 0) is 12.3 Å². The van der Waals surface area contributed by atoms with Gasteiger partial charge < -0.3 is 10.1 Å². The van der Waals surface area contributed by atoms with E-state index in [2.05, 4.69) is 29.1 Å². The summed E-state index contributed by atoms with van der Waals surface area (Å²) in [5.41, 5.74) is -0.205. The first-order chi connectivity index (χ1) is 8.99. The fourth-order valence-corrected chi connectivity index (χ4v) is 1.55. The Balaban J connectivity index is 3.07. The molecule has 19 heavy (non-hydrogen) atoms. The summed E-state index contributed by atoms with van der Waals surface area (Å²) in [4.78, 5) is 18.8. The lowest BCUT2D eigenvalue weighted by atomic mass is 10.1. The van der Waals surface area contributed by atoms with Gasteiger partial charge in [0.1, 0.15) is 5.82 Å². The summed E-state index contributed by atoms with van der Waals surface area (Å²) in [6.07, 6.45) is 1.50. The van der Waals surface area contributed by atoms with Crippen molar-refractivity contribution in [2.24, 2.45) is 5.92 Å². The topological polar surface area (TPSA) is 90.2 Å². The molecule has 7 heteroatoms. The summed E-state index contributed by atoms with van der Waals surface area (Å²) in [7, 11) is 1.37. The number of aryl methyl sites for hydroxylation is 1. The first-order valence-electron chi connectivity index (χ1n) is 6.32. The summed E-state index contributed by atoms with van der Waals surface area (Å²) in [6.45, 7) is 6.70. The molecule has 0 spiro atoms. The Morgan fingerprint density at radius 1 is 1.42 bits per heavy atom. The molecule has 0 radical (unpaired) electrons. The van der Waals surface area contributed by atoms with Crippen molar-refractivity contribution in [1.82, 2.24) is 9.97 Å². The maximum Gasteiger partial charge on any atom is 0.372 e. The molecule has 0 atom stereocenters. The van der Waals surface area contributed by atoms with E-state index in [1.54, 1.807) is 0 Å². The van der Waals surface area contributed by atoms with E-state index < -0.39 is 4.92 Å². The minimum absolute atomic E-state index is 0.00361. The van der Waals surface area contributed by atoms with Gasteiger partial charge >= 0.3 is 5.69 Å². The summed E-state index contributed by atoms with van der Waals surface area (Å²) in [5, 5.41) is 14.1. The second kappa shape index (κ2) is 6.86. The van der Waals surface area contributed by atoms with Crippen molar-refractivity contribution >= 4 is 11.5 Å². The van der Waals surface area contributed by atoms with Gasteiger partial charge in [0.15, 0.2) is 0 Å². The van der Waals surface area contributed by atoms with E-state index in [-0.39, 0.29) is 17.4 Å². The first-order valence-corrected chi connectivity index (χ1v) is 6.32. The van der Waals surface area contributed by atoms with E-state index in [9.17, 15) is 10.1 Å². The zero-order valence-corrected chi connectivity index (χ0v) is 11.8. The van der Waals surface area contributed by atoms with Crippen LogP contribution in [0, 0.1) is 16.0 Å². The maximum atomic E-state index is 11.1. The zero-order chi connectivity index (χ0) is 14.4. The highest BCUT2D eigenvalue weighted by molar-refractivity contribution is 5.61. The zero-order valence-electron chi connectivity index (χ0n) is 11.8. The number of ether oxygens (including phenoxy) is 1. The maximum absolute atomic E-state index is 11.1. The number of nitro groups is 1. The fraction of sp³-hybridized carbons (Fsp3) is 0.667. The molecule has 0 saturated carbocycles. The Bertz CT molecular complexity index is 449. The van der Waals surface area contributed by atoms with Gasteiger partial charge in [0.25, 0.3) is 5.88 Å². The summed E-state index contributed by atoms with van der Waals surface area (Å²) < 4.78 is 4.98. The van der Waals surface area contributed by atoms with Crippen LogP contribution in [0.4, 0.5) is 11.5 Å². The number of hydrogen-bond acceptors (Lipinski definition) is 6. The highest BCUT2D eigenvalue weighted by Gasteiger charge is 2.25. The first kappa shape index (κ1) is 15.1. The van der Waals surface area contributed by atoms with Crippen LogP contribution in [-0.2, 0) is 6.42 Å². The molecule has 0 amide bonds. The quantitative estimate of drug-likeness (QED) is 0.603. The SMILES string of the molecule is CCc1nc(NCCC(C)C)c([N+](=O)[O-])c(OC)n1. The normalized spacial score (nSPS) is 10.6. The molecule has 7 nitrogen and oxygen atoms in total. The van der Waals surface area contributed by atoms with E-state index >= 15 is 0 Å². The van der Waals surface area contributed by atoms with Crippen LogP contribution in [0.2, 0.25) is 0 Å². The minimum Gasteiger partial charge on any atom is -0.476 e. The van der Waals surface area contributed by atoms with E-state index in [1.165, 1.54) is 7.11 Å². The lowest BCUT2D eigenvalue weighted by molar-refractivity contribution is -0.385. The van der Waals surface area contributed by atoms with Gasteiger partial charge in [0.05, 0.1) is 12.0 Å². The largest absolute Gasteiger partial charge is 0.476 e. The Hall–Kier alpha value is -1.92. The molecule has 1 aromatic rings. The third-order valence-corrected chi connectivity index (χ3v) is 2.60. The third kappa shape index (κ3) is 4.04. The van der Waals surface area contributed by atoms with Gasteiger partial charge in [-0.25, -0.2) is 4.98 Å². The average Bonchev–Trinajstić information content (AvgIpc) is 2.36. The Labute approximate surface area is 112 Å². The van der Waals surface area contributed by atoms with Crippen LogP contribution in [0.15, 0.2) is 0 Å². The van der Waals surface area contributed by atoms with Crippen LogP contribution in [0.1, 0.15) is 33.0 Å². The van der Waals surface area contributed by atoms with Gasteiger partial charge in [-0.2, -0.15) is 4.98 Å². The lowest BCUT2D eigenvalue weighted by Gasteiger charge is -2.10. The number of anilines is 1. The molecule has 0 fully saturated rings. The molecule has 0 aromatic carbocycles. The van der Waals surface area contributed by atoms with Crippen LogP contribution in [-0.4, -0.2) is 28.5 Å². The van der Waals surface area contributed by atoms with Crippen molar-refractivity contribution in [3.05, 3.63) is 15.9 Å². The highest BCUT2D eigenvalue weighted by atomic mass is 16.6. The monoisotopic (exact) mass is 268 g/mol. The molecular weight excluding hydrogens is 248 g/mol. The second-order valence-electron chi connectivity index (χ2n) is 4.57. The number of aromatic nitrogens is 2. The summed E-state index contributed by atoms with van der Waals surface area (Å²) >= 11 is 0. The van der Waals surface area contributed by atoms with Gasteiger partial charge in [-0.3, -0.25) is 10.1 Å². The number of hydrogen-bond donors (Lipinski definition) is 1. The molecule has 106 valence electrons. The van der Waals surface area contributed by atoms with Crippen molar-refractivity contribution in [2.75, 3.05) is 19.0 Å². The van der Waals surface area contributed by atoms with E-state index in [4.69, 9.17) is 4.74 Å². The van der Waals surface area contributed by atoms with Crippen molar-refractivity contribution in [3.8, 4) is 5.88 Å². The van der Waals surface area contributed by atoms with Crippen molar-refractivity contribution in [1.29, 1.82) is 0 Å². The van der Waals surface area contributed by atoms with Crippen molar-refractivity contribution in [3.63, 3.8) is 0 Å². The third-order valence-electron chi connectivity index (χ3n) is 2.60. The van der Waals surface area contributed by atoms with Crippen LogP contribution >= 0.6 is 0 Å². The number of nitrogens with one attached hydrogen (secondary N) is 1. The molecule has 0 aliphatic rings. The molecule has 0 aliphatic carbocycles. The predicted molar refractivity (Wildman–Crippen MR) is 72.6 cm³/mol. The minimum atomic E-state index is -0.518. The Morgan fingerprint density at radius 2 is 2.11 bits per heavy atom. The molecule has 1 N–H and O–H groups in total. The molecular formula is C12H20N4O3. The highest BCUT2D eigenvalue weighted by Crippen LogP contribution is 2.31. The Kier molecular flexibility index (Phi) is 5.47. The number of nitrogens with zero attached hydrogens (tertiary/aromatic N) is 3. The van der Waals surface area contributed by atoms with E-state index in [0.29, 0.717) is 24.7 Å². The van der Waals surface area contributed by atoms with Crippen molar-refractivity contribution < 1.29 is 9.66 Å². The van der Waals surface area contributed by atoms with E-state index in [0.717, 1.165) is 6.42 Å². The Morgan fingerprint density at radius 3 is 2.58 bits per heavy atom. The summed E-state index contributed by atoms with van der Waals surface area (Å²) in [6, 6.07) is 0. The summed E-state index contributed by atoms with van der Waals surface area (Å²) in [5.74, 6) is 1.27. The number of methoxy groups -OCH3 is 1. The average molecular weight is 268 g/mol. The second-order valence-corrected chi connectivity index (χ2v) is 4.57. The van der Waals surface area contributed by atoms with Crippen LogP contribution in [0.25, 0.3) is 0 Å². The smallest absolute Gasteiger partial charge is 0.372 e. The van der Waals surface area contributed by atoms with Gasteiger partial charge in [0, 0.05) is 13.0 Å². The molecule has 0 aliphatic heterocycles. The standard InChI is InChI=1S/C12H20N4O3/c1-5-9-14-11(13-7-6-8(2)3)10(16(17)18)12(15-9)19-4/h8H,5-7H2,1-4H3,(H,13,14,15). The van der Waals surface area contributed by atoms with Crippen LogP contribution in [0.5, 0.6) is 5.88 Å². The van der Waals surface area contributed by atoms with Crippen molar-refractivity contribution in [2.45, 2.75) is 33.6 Å². The lowest BCUT2D eigenvalue weighted by Crippen LogP contribution is -2.11. The van der Waals surface area contributed by atoms with Gasteiger partial charge in [-0.1, -0.05) is 20.8 Å². The van der Waals surface area contributed by atoms with Gasteiger partial charge in [-0.15, -0.1) is 0 Å². The van der Waals surface area contributed by atoms with Crippen LogP contribution in [0.3, 0.4) is 0 Å². The molecule has 0 unspecified atom stereocenters.